The van der Waals surface area contributed by atoms with E-state index in [9.17, 15) is 0 Å². The molecule has 0 aromatic rings. The van der Waals surface area contributed by atoms with E-state index in [1.807, 2.05) is 6.08 Å². The van der Waals surface area contributed by atoms with Gasteiger partial charge in [0, 0.05) is 5.92 Å². The molecule has 0 amide bonds. The lowest BCUT2D eigenvalue weighted by molar-refractivity contribution is 0.912. The van der Waals surface area contributed by atoms with E-state index in [1.165, 1.54) is 22.3 Å². The van der Waals surface area contributed by atoms with Crippen LogP contribution in [0.25, 0.3) is 0 Å². The molecule has 0 spiro atoms. The molecule has 0 aliphatic heterocycles. The van der Waals surface area contributed by atoms with Crippen LogP contribution < -0.4 is 0 Å². The van der Waals surface area contributed by atoms with Gasteiger partial charge in [-0.1, -0.05) is 17.2 Å². The topological polar surface area (TPSA) is 0 Å². The van der Waals surface area contributed by atoms with Crippen LogP contribution in [0, 0.1) is 5.92 Å². The summed E-state index contributed by atoms with van der Waals surface area (Å²) < 4.78 is 0. The lowest BCUT2D eigenvalue weighted by Crippen LogP contribution is -1.94. The van der Waals surface area contributed by atoms with E-state index < -0.39 is 0 Å². The summed E-state index contributed by atoms with van der Waals surface area (Å²) in [5.41, 5.74) is 5.84. The number of allylic oxidation sites excluding steroid dienone is 5. The van der Waals surface area contributed by atoms with Gasteiger partial charge in [0.25, 0.3) is 0 Å². The molecular formula is C11H16. The SMILES string of the molecule is C=CC1C(C)=C(C)C(C)=C1C. The van der Waals surface area contributed by atoms with Crippen molar-refractivity contribution < 1.29 is 0 Å². The molecule has 11 heavy (non-hydrogen) atoms. The highest BCUT2D eigenvalue weighted by Gasteiger charge is 2.20. The summed E-state index contributed by atoms with van der Waals surface area (Å²) in [6.45, 7) is 12.6. The molecule has 60 valence electrons. The molecule has 0 heterocycles. The summed E-state index contributed by atoms with van der Waals surface area (Å²) in [5, 5.41) is 0. The summed E-state index contributed by atoms with van der Waals surface area (Å²) in [5.74, 6) is 0.509. The van der Waals surface area contributed by atoms with Gasteiger partial charge < -0.3 is 0 Å². The van der Waals surface area contributed by atoms with Gasteiger partial charge in [0.2, 0.25) is 0 Å². The van der Waals surface area contributed by atoms with Gasteiger partial charge in [-0.25, -0.2) is 0 Å². The van der Waals surface area contributed by atoms with E-state index >= 15 is 0 Å². The van der Waals surface area contributed by atoms with Gasteiger partial charge in [-0.15, -0.1) is 6.58 Å². The van der Waals surface area contributed by atoms with Crippen molar-refractivity contribution in [2.75, 3.05) is 0 Å². The van der Waals surface area contributed by atoms with Gasteiger partial charge in [-0.2, -0.15) is 0 Å². The molecule has 1 rings (SSSR count). The Kier molecular flexibility index (Phi) is 2.03. The Labute approximate surface area is 69.3 Å². The smallest absolute Gasteiger partial charge is 0.0190 e. The first-order valence-corrected chi connectivity index (χ1v) is 4.07. The Morgan fingerprint density at radius 3 is 1.55 bits per heavy atom. The van der Waals surface area contributed by atoms with Crippen molar-refractivity contribution in [3.05, 3.63) is 34.9 Å². The fourth-order valence-corrected chi connectivity index (χ4v) is 1.74. The first-order valence-electron chi connectivity index (χ1n) is 4.07. The average Bonchev–Trinajstić information content (AvgIpc) is 2.17. The van der Waals surface area contributed by atoms with Crippen molar-refractivity contribution in [2.24, 2.45) is 5.92 Å². The molecule has 1 aliphatic carbocycles. The normalized spacial score (nSPS) is 20.0. The average molecular weight is 148 g/mol. The third-order valence-corrected chi connectivity index (χ3v) is 2.91. The second kappa shape index (κ2) is 2.69. The minimum absolute atomic E-state index is 0.509. The van der Waals surface area contributed by atoms with Crippen LogP contribution in [0.2, 0.25) is 0 Å². The molecule has 0 nitrogen and oxygen atoms in total. The van der Waals surface area contributed by atoms with Crippen molar-refractivity contribution in [3.63, 3.8) is 0 Å². The molecular weight excluding hydrogens is 132 g/mol. The van der Waals surface area contributed by atoms with E-state index in [0.717, 1.165) is 0 Å². The lowest BCUT2D eigenvalue weighted by Gasteiger charge is -2.07. The monoisotopic (exact) mass is 148 g/mol. The predicted octanol–water partition coefficient (Wildman–Crippen LogP) is 3.48. The Morgan fingerprint density at radius 1 is 1.00 bits per heavy atom. The highest BCUT2D eigenvalue weighted by Crippen LogP contribution is 2.36. The highest BCUT2D eigenvalue weighted by molar-refractivity contribution is 5.48. The van der Waals surface area contributed by atoms with E-state index in [0.29, 0.717) is 5.92 Å². The number of hydrogen-bond acceptors (Lipinski definition) is 0. The van der Waals surface area contributed by atoms with Crippen LogP contribution in [0.4, 0.5) is 0 Å². The first kappa shape index (κ1) is 8.32. The molecule has 0 unspecified atom stereocenters. The van der Waals surface area contributed by atoms with Gasteiger partial charge in [-0.05, 0) is 38.8 Å². The maximum Gasteiger partial charge on any atom is 0.0190 e. The molecule has 0 radical (unpaired) electrons. The molecule has 0 saturated carbocycles. The molecule has 0 fully saturated rings. The Morgan fingerprint density at radius 2 is 1.36 bits per heavy atom. The number of hydrogen-bond donors (Lipinski definition) is 0. The van der Waals surface area contributed by atoms with Gasteiger partial charge in [0.05, 0.1) is 0 Å². The van der Waals surface area contributed by atoms with Crippen LogP contribution in [0.5, 0.6) is 0 Å². The predicted molar refractivity (Wildman–Crippen MR) is 50.4 cm³/mol. The first-order chi connectivity index (χ1) is 5.09. The third kappa shape index (κ3) is 1.07. The van der Waals surface area contributed by atoms with Crippen LogP contribution in [0.3, 0.4) is 0 Å². The molecule has 1 aliphatic rings. The van der Waals surface area contributed by atoms with Crippen LogP contribution in [-0.2, 0) is 0 Å². The van der Waals surface area contributed by atoms with E-state index in [4.69, 9.17) is 0 Å². The zero-order chi connectivity index (χ0) is 8.59. The van der Waals surface area contributed by atoms with Crippen LogP contribution in [-0.4, -0.2) is 0 Å². The lowest BCUT2D eigenvalue weighted by atomic mass is 9.97. The van der Waals surface area contributed by atoms with Crippen molar-refractivity contribution >= 4 is 0 Å². The highest BCUT2D eigenvalue weighted by atomic mass is 14.3. The number of rotatable bonds is 1. The fraction of sp³-hybridized carbons (Fsp3) is 0.455. The van der Waals surface area contributed by atoms with Crippen molar-refractivity contribution in [1.82, 2.24) is 0 Å². The summed E-state index contributed by atoms with van der Waals surface area (Å²) in [7, 11) is 0. The van der Waals surface area contributed by atoms with Crippen molar-refractivity contribution in [2.45, 2.75) is 27.7 Å². The van der Waals surface area contributed by atoms with Crippen LogP contribution in [0.1, 0.15) is 27.7 Å². The maximum atomic E-state index is 3.84. The molecule has 0 saturated heterocycles. The second-order valence-electron chi connectivity index (χ2n) is 3.33. The summed E-state index contributed by atoms with van der Waals surface area (Å²) in [6.07, 6.45) is 2.03. The molecule has 0 aromatic carbocycles. The second-order valence-corrected chi connectivity index (χ2v) is 3.33. The van der Waals surface area contributed by atoms with Crippen molar-refractivity contribution in [1.29, 1.82) is 0 Å². The van der Waals surface area contributed by atoms with Gasteiger partial charge in [0.1, 0.15) is 0 Å². The summed E-state index contributed by atoms with van der Waals surface area (Å²) in [4.78, 5) is 0. The summed E-state index contributed by atoms with van der Waals surface area (Å²) in [6, 6.07) is 0. The zero-order valence-corrected chi connectivity index (χ0v) is 7.86. The molecule has 0 heteroatoms. The van der Waals surface area contributed by atoms with Gasteiger partial charge in [0.15, 0.2) is 0 Å². The largest absolute Gasteiger partial charge is 0.102 e. The minimum atomic E-state index is 0.509. The van der Waals surface area contributed by atoms with Gasteiger partial charge >= 0.3 is 0 Å². The Hall–Kier alpha value is -0.780. The van der Waals surface area contributed by atoms with E-state index in [1.54, 1.807) is 0 Å². The van der Waals surface area contributed by atoms with Crippen LogP contribution >= 0.6 is 0 Å². The standard InChI is InChI=1S/C11H16/c1-6-11-9(4)7(2)8(3)10(11)5/h6,11H,1H2,2-5H3. The fourth-order valence-electron chi connectivity index (χ4n) is 1.74. The minimum Gasteiger partial charge on any atom is -0.102 e. The zero-order valence-electron chi connectivity index (χ0n) is 7.86. The Bertz CT molecular complexity index is 227. The summed E-state index contributed by atoms with van der Waals surface area (Å²) >= 11 is 0. The third-order valence-electron chi connectivity index (χ3n) is 2.91. The van der Waals surface area contributed by atoms with E-state index in [2.05, 4.69) is 34.3 Å². The quantitative estimate of drug-likeness (QED) is 0.499. The molecule has 0 aromatic heterocycles. The van der Waals surface area contributed by atoms with Gasteiger partial charge in [-0.3, -0.25) is 0 Å². The molecule has 0 bridgehead atoms. The van der Waals surface area contributed by atoms with E-state index in [-0.39, 0.29) is 0 Å². The molecule has 0 atom stereocenters. The maximum absolute atomic E-state index is 3.84. The van der Waals surface area contributed by atoms with Crippen molar-refractivity contribution in [3.8, 4) is 0 Å². The Balaban J connectivity index is 3.14. The van der Waals surface area contributed by atoms with Crippen LogP contribution in [0.15, 0.2) is 34.9 Å². The molecule has 0 N–H and O–H groups in total.